The van der Waals surface area contributed by atoms with Crippen molar-refractivity contribution < 1.29 is 9.84 Å². The Balaban J connectivity index is 2.32. The number of hydrogen-bond acceptors (Lipinski definition) is 4. The van der Waals surface area contributed by atoms with Crippen molar-refractivity contribution in [3.63, 3.8) is 0 Å². The van der Waals surface area contributed by atoms with Crippen molar-refractivity contribution in [2.24, 2.45) is 5.73 Å². The molecule has 1 aromatic carbocycles. The summed E-state index contributed by atoms with van der Waals surface area (Å²) in [6, 6.07) is 3.99. The van der Waals surface area contributed by atoms with Crippen molar-refractivity contribution in [2.75, 3.05) is 26.7 Å². The van der Waals surface area contributed by atoms with Gasteiger partial charge in [0.15, 0.2) is 11.5 Å². The van der Waals surface area contributed by atoms with Gasteiger partial charge in [-0.2, -0.15) is 0 Å². The molecule has 2 rings (SSSR count). The van der Waals surface area contributed by atoms with Crippen LogP contribution in [-0.2, 0) is 0 Å². The molecule has 3 N–H and O–H groups in total. The minimum absolute atomic E-state index is 0.137. The number of halogens is 1. The Hall–Kier alpha value is -0.780. The summed E-state index contributed by atoms with van der Waals surface area (Å²) in [5, 5.41) is 9.83. The Morgan fingerprint density at radius 3 is 2.67 bits per heavy atom. The highest BCUT2D eigenvalue weighted by Gasteiger charge is 2.23. The Bertz CT molecular complexity index is 420. The van der Waals surface area contributed by atoms with E-state index in [9.17, 15) is 5.11 Å². The first-order valence-electron chi connectivity index (χ1n) is 6.18. The summed E-state index contributed by atoms with van der Waals surface area (Å²) >= 11 is 3.35. The molecular formula is C13H19BrN2O2. The number of phenols is 1. The van der Waals surface area contributed by atoms with Gasteiger partial charge >= 0.3 is 0 Å². The van der Waals surface area contributed by atoms with Gasteiger partial charge in [-0.25, -0.2) is 0 Å². The average Bonchev–Trinajstić information content (AvgIpc) is 2.88. The zero-order valence-corrected chi connectivity index (χ0v) is 12.1. The lowest BCUT2D eigenvalue weighted by molar-refractivity contribution is 0.250. The Labute approximate surface area is 116 Å². The fourth-order valence-corrected chi connectivity index (χ4v) is 2.95. The van der Waals surface area contributed by atoms with Crippen LogP contribution in [0.5, 0.6) is 11.5 Å². The number of benzene rings is 1. The van der Waals surface area contributed by atoms with E-state index in [0.29, 0.717) is 16.8 Å². The molecule has 1 heterocycles. The van der Waals surface area contributed by atoms with Crippen molar-refractivity contribution in [1.29, 1.82) is 0 Å². The normalized spacial score (nSPS) is 17.9. The molecule has 1 aliphatic rings. The van der Waals surface area contributed by atoms with Gasteiger partial charge in [0.1, 0.15) is 0 Å². The molecule has 100 valence electrons. The molecule has 0 aromatic heterocycles. The number of ether oxygens (including phenoxy) is 1. The second kappa shape index (κ2) is 5.91. The van der Waals surface area contributed by atoms with Gasteiger partial charge in [-0.05, 0) is 59.6 Å². The first-order chi connectivity index (χ1) is 8.67. The molecule has 18 heavy (non-hydrogen) atoms. The number of methoxy groups -OCH3 is 1. The van der Waals surface area contributed by atoms with Gasteiger partial charge in [0.2, 0.25) is 0 Å². The van der Waals surface area contributed by atoms with Crippen LogP contribution >= 0.6 is 15.9 Å². The van der Waals surface area contributed by atoms with E-state index in [1.807, 2.05) is 12.1 Å². The van der Waals surface area contributed by atoms with Gasteiger partial charge in [-0.15, -0.1) is 0 Å². The molecule has 0 saturated carbocycles. The monoisotopic (exact) mass is 314 g/mol. The van der Waals surface area contributed by atoms with Crippen LogP contribution in [0.2, 0.25) is 0 Å². The molecule has 1 fully saturated rings. The molecule has 0 bridgehead atoms. The number of phenolic OH excluding ortho intramolecular Hbond substituents is 1. The predicted molar refractivity (Wildman–Crippen MR) is 75.0 cm³/mol. The molecule has 0 spiro atoms. The Kier molecular flexibility index (Phi) is 4.48. The van der Waals surface area contributed by atoms with Crippen molar-refractivity contribution >= 4 is 15.9 Å². The summed E-state index contributed by atoms with van der Waals surface area (Å²) < 4.78 is 5.83. The third-order valence-corrected chi connectivity index (χ3v) is 4.06. The predicted octanol–water partition coefficient (Wildman–Crippen LogP) is 2.26. The van der Waals surface area contributed by atoms with Crippen LogP contribution in [0, 0.1) is 0 Å². The molecule has 1 unspecified atom stereocenters. The molecule has 1 aromatic rings. The number of nitrogens with zero attached hydrogens (tertiary/aromatic N) is 1. The van der Waals surface area contributed by atoms with Crippen LogP contribution in [0.3, 0.4) is 0 Å². The van der Waals surface area contributed by atoms with Crippen LogP contribution in [0.15, 0.2) is 16.6 Å². The fraction of sp³-hybridized carbons (Fsp3) is 0.538. The van der Waals surface area contributed by atoms with Crippen molar-refractivity contribution in [2.45, 2.75) is 18.9 Å². The summed E-state index contributed by atoms with van der Waals surface area (Å²) in [5.41, 5.74) is 6.99. The molecule has 4 nitrogen and oxygen atoms in total. The second-order valence-electron chi connectivity index (χ2n) is 4.55. The van der Waals surface area contributed by atoms with E-state index in [1.165, 1.54) is 12.8 Å². The fourth-order valence-electron chi connectivity index (χ4n) is 2.49. The van der Waals surface area contributed by atoms with Crippen molar-refractivity contribution in [1.82, 2.24) is 4.90 Å². The molecule has 1 aliphatic heterocycles. The molecule has 1 saturated heterocycles. The van der Waals surface area contributed by atoms with Gasteiger partial charge in [-0.1, -0.05) is 0 Å². The van der Waals surface area contributed by atoms with Crippen LogP contribution < -0.4 is 10.5 Å². The standard InChI is InChI=1S/C13H19BrN2O2/c1-18-12-7-9(6-10(14)13(12)17)11(8-15)16-4-2-3-5-16/h6-7,11,17H,2-5,8,15H2,1H3. The summed E-state index contributed by atoms with van der Waals surface area (Å²) in [6.07, 6.45) is 2.46. The molecule has 0 radical (unpaired) electrons. The zero-order chi connectivity index (χ0) is 13.1. The van der Waals surface area contributed by atoms with Crippen molar-refractivity contribution in [3.8, 4) is 11.5 Å². The largest absolute Gasteiger partial charge is 0.503 e. The van der Waals surface area contributed by atoms with Gasteiger partial charge < -0.3 is 15.6 Å². The minimum atomic E-state index is 0.137. The second-order valence-corrected chi connectivity index (χ2v) is 5.40. The number of likely N-dealkylation sites (tertiary alicyclic amines) is 1. The van der Waals surface area contributed by atoms with Crippen molar-refractivity contribution in [3.05, 3.63) is 22.2 Å². The lowest BCUT2D eigenvalue weighted by Crippen LogP contribution is -2.31. The van der Waals surface area contributed by atoms with E-state index >= 15 is 0 Å². The molecule has 0 amide bonds. The van der Waals surface area contributed by atoms with Crippen LogP contribution in [0.25, 0.3) is 0 Å². The Morgan fingerprint density at radius 1 is 1.44 bits per heavy atom. The molecule has 0 aliphatic carbocycles. The van der Waals surface area contributed by atoms with Crippen LogP contribution in [-0.4, -0.2) is 36.8 Å². The quantitative estimate of drug-likeness (QED) is 0.895. The lowest BCUT2D eigenvalue weighted by Gasteiger charge is -2.27. The summed E-state index contributed by atoms with van der Waals surface area (Å²) in [5.74, 6) is 0.621. The summed E-state index contributed by atoms with van der Waals surface area (Å²) in [4.78, 5) is 2.39. The first-order valence-corrected chi connectivity index (χ1v) is 6.97. The van der Waals surface area contributed by atoms with E-state index in [-0.39, 0.29) is 11.8 Å². The highest BCUT2D eigenvalue weighted by atomic mass is 79.9. The summed E-state index contributed by atoms with van der Waals surface area (Å²) in [7, 11) is 1.55. The van der Waals surface area contributed by atoms with E-state index in [2.05, 4.69) is 20.8 Å². The maximum Gasteiger partial charge on any atom is 0.172 e. The smallest absolute Gasteiger partial charge is 0.172 e. The third-order valence-electron chi connectivity index (χ3n) is 3.46. The molecule has 5 heteroatoms. The van der Waals surface area contributed by atoms with E-state index < -0.39 is 0 Å². The highest BCUT2D eigenvalue weighted by Crippen LogP contribution is 2.38. The minimum Gasteiger partial charge on any atom is -0.503 e. The maximum atomic E-state index is 9.83. The van der Waals surface area contributed by atoms with Gasteiger partial charge in [0.05, 0.1) is 11.6 Å². The van der Waals surface area contributed by atoms with Gasteiger partial charge in [-0.3, -0.25) is 4.90 Å². The van der Waals surface area contributed by atoms with E-state index in [4.69, 9.17) is 10.5 Å². The third kappa shape index (κ3) is 2.63. The molecular weight excluding hydrogens is 296 g/mol. The SMILES string of the molecule is COc1cc(C(CN)N2CCCC2)cc(Br)c1O. The first kappa shape index (κ1) is 13.6. The Morgan fingerprint density at radius 2 is 2.11 bits per heavy atom. The number of rotatable bonds is 4. The van der Waals surface area contributed by atoms with Gasteiger partial charge in [0, 0.05) is 12.6 Å². The maximum absolute atomic E-state index is 9.83. The molecule has 1 atom stereocenters. The van der Waals surface area contributed by atoms with E-state index in [1.54, 1.807) is 7.11 Å². The van der Waals surface area contributed by atoms with E-state index in [0.717, 1.165) is 18.7 Å². The topological polar surface area (TPSA) is 58.7 Å². The van der Waals surface area contributed by atoms with Gasteiger partial charge in [0.25, 0.3) is 0 Å². The highest BCUT2D eigenvalue weighted by molar-refractivity contribution is 9.10. The number of nitrogens with two attached hydrogens (primary N) is 1. The number of aromatic hydroxyl groups is 1. The summed E-state index contributed by atoms with van der Waals surface area (Å²) in [6.45, 7) is 2.74. The zero-order valence-electron chi connectivity index (χ0n) is 10.5. The van der Waals surface area contributed by atoms with Crippen LogP contribution in [0.1, 0.15) is 24.4 Å². The number of hydrogen-bond donors (Lipinski definition) is 2. The average molecular weight is 315 g/mol. The lowest BCUT2D eigenvalue weighted by atomic mass is 10.0. The van der Waals surface area contributed by atoms with Crippen LogP contribution in [0.4, 0.5) is 0 Å².